The molecule has 0 saturated carbocycles. The van der Waals surface area contributed by atoms with Gasteiger partial charge in [-0.25, -0.2) is 9.67 Å². The van der Waals surface area contributed by atoms with E-state index in [1.165, 1.54) is 0 Å². The van der Waals surface area contributed by atoms with Crippen molar-refractivity contribution in [2.24, 2.45) is 0 Å². The molecule has 0 amide bonds. The first-order valence-corrected chi connectivity index (χ1v) is 7.33. The summed E-state index contributed by atoms with van der Waals surface area (Å²) in [4.78, 5) is 4.00. The van der Waals surface area contributed by atoms with Crippen molar-refractivity contribution in [2.75, 3.05) is 5.73 Å². The Labute approximate surface area is 130 Å². The van der Waals surface area contributed by atoms with Crippen LogP contribution < -0.4 is 11.2 Å². The fraction of sp³-hybridized carbons (Fsp3) is 0.467. The van der Waals surface area contributed by atoms with Crippen LogP contribution in [0.4, 0.5) is 5.82 Å². The van der Waals surface area contributed by atoms with Gasteiger partial charge in [-0.05, 0) is 40.7 Å². The highest BCUT2D eigenvalue weighted by molar-refractivity contribution is 6.62. The molecule has 0 atom stereocenters. The Morgan fingerprint density at radius 2 is 1.82 bits per heavy atom. The SMILES string of the molecule is Cc1nn(-c2ccnc(N)c2)cc1B1OC(C)(C)C(C)(C)O1. The molecule has 2 aromatic rings. The third-order valence-electron chi connectivity index (χ3n) is 4.47. The van der Waals surface area contributed by atoms with Crippen LogP contribution in [0.25, 0.3) is 5.69 Å². The number of nitrogen functional groups attached to an aromatic ring is 1. The molecule has 2 aromatic heterocycles. The second-order valence-corrected chi connectivity index (χ2v) is 6.64. The molecule has 7 heteroatoms. The lowest BCUT2D eigenvalue weighted by Crippen LogP contribution is -2.41. The Kier molecular flexibility index (Phi) is 3.30. The van der Waals surface area contributed by atoms with Crippen LogP contribution in [-0.4, -0.2) is 33.1 Å². The molecule has 1 fully saturated rings. The van der Waals surface area contributed by atoms with E-state index in [2.05, 4.69) is 10.1 Å². The van der Waals surface area contributed by atoms with Crippen LogP contribution in [0.1, 0.15) is 33.4 Å². The maximum atomic E-state index is 6.09. The van der Waals surface area contributed by atoms with Crippen molar-refractivity contribution in [2.45, 2.75) is 45.8 Å². The summed E-state index contributed by atoms with van der Waals surface area (Å²) in [5, 5.41) is 4.54. The minimum Gasteiger partial charge on any atom is -0.399 e. The molecule has 0 spiro atoms. The monoisotopic (exact) mass is 300 g/mol. The third-order valence-corrected chi connectivity index (χ3v) is 4.47. The Morgan fingerprint density at radius 3 is 2.41 bits per heavy atom. The number of anilines is 1. The Balaban J connectivity index is 1.94. The van der Waals surface area contributed by atoms with Gasteiger partial charge in [0.2, 0.25) is 0 Å². The van der Waals surface area contributed by atoms with Crippen molar-refractivity contribution >= 4 is 18.4 Å². The van der Waals surface area contributed by atoms with E-state index in [-0.39, 0.29) is 11.2 Å². The molecule has 1 aliphatic rings. The fourth-order valence-electron chi connectivity index (χ4n) is 2.39. The number of nitrogens with two attached hydrogens (primary N) is 1. The van der Waals surface area contributed by atoms with Gasteiger partial charge in [-0.2, -0.15) is 5.10 Å². The van der Waals surface area contributed by atoms with Crippen molar-refractivity contribution in [3.05, 3.63) is 30.2 Å². The van der Waals surface area contributed by atoms with E-state index in [4.69, 9.17) is 15.0 Å². The fourth-order valence-corrected chi connectivity index (χ4v) is 2.39. The summed E-state index contributed by atoms with van der Waals surface area (Å²) < 4.78 is 14.0. The predicted octanol–water partition coefficient (Wildman–Crippen LogP) is 1.46. The van der Waals surface area contributed by atoms with Gasteiger partial charge in [-0.1, -0.05) is 0 Å². The lowest BCUT2D eigenvalue weighted by Gasteiger charge is -2.32. The summed E-state index contributed by atoms with van der Waals surface area (Å²) in [5.74, 6) is 0.461. The zero-order valence-electron chi connectivity index (χ0n) is 13.6. The van der Waals surface area contributed by atoms with Gasteiger partial charge >= 0.3 is 7.12 Å². The van der Waals surface area contributed by atoms with Gasteiger partial charge in [0.05, 0.1) is 22.6 Å². The summed E-state index contributed by atoms with van der Waals surface area (Å²) in [7, 11) is -0.419. The van der Waals surface area contributed by atoms with Crippen LogP contribution in [0.5, 0.6) is 0 Å². The second-order valence-electron chi connectivity index (χ2n) is 6.64. The number of pyridine rings is 1. The predicted molar refractivity (Wildman–Crippen MR) is 86.2 cm³/mol. The van der Waals surface area contributed by atoms with Crippen molar-refractivity contribution in [1.82, 2.24) is 14.8 Å². The molecule has 0 bridgehead atoms. The van der Waals surface area contributed by atoms with Gasteiger partial charge in [0.25, 0.3) is 0 Å². The summed E-state index contributed by atoms with van der Waals surface area (Å²) in [6.07, 6.45) is 3.59. The minimum atomic E-state index is -0.419. The summed E-state index contributed by atoms with van der Waals surface area (Å²) in [5.41, 5.74) is 7.65. The van der Waals surface area contributed by atoms with Gasteiger partial charge in [0, 0.05) is 23.9 Å². The second kappa shape index (κ2) is 4.82. The largest absolute Gasteiger partial charge is 0.498 e. The van der Waals surface area contributed by atoms with E-state index in [0.717, 1.165) is 16.8 Å². The van der Waals surface area contributed by atoms with E-state index in [1.807, 2.05) is 46.9 Å². The van der Waals surface area contributed by atoms with Gasteiger partial charge in [0.1, 0.15) is 5.82 Å². The van der Waals surface area contributed by atoms with Crippen molar-refractivity contribution in [1.29, 1.82) is 0 Å². The first-order chi connectivity index (χ1) is 10.2. The first-order valence-electron chi connectivity index (χ1n) is 7.33. The van der Waals surface area contributed by atoms with Crippen LogP contribution in [0, 0.1) is 6.92 Å². The lowest BCUT2D eigenvalue weighted by atomic mass is 9.79. The molecular weight excluding hydrogens is 279 g/mol. The quantitative estimate of drug-likeness (QED) is 0.850. The smallest absolute Gasteiger partial charge is 0.399 e. The van der Waals surface area contributed by atoms with Crippen LogP contribution in [0.2, 0.25) is 0 Å². The van der Waals surface area contributed by atoms with E-state index in [1.54, 1.807) is 16.9 Å². The molecular formula is C15H21BN4O2. The van der Waals surface area contributed by atoms with Crippen LogP contribution in [0.15, 0.2) is 24.5 Å². The van der Waals surface area contributed by atoms with Gasteiger partial charge < -0.3 is 15.0 Å². The molecule has 3 rings (SSSR count). The number of aromatic nitrogens is 3. The molecule has 6 nitrogen and oxygen atoms in total. The maximum Gasteiger partial charge on any atom is 0.498 e. The van der Waals surface area contributed by atoms with E-state index in [9.17, 15) is 0 Å². The van der Waals surface area contributed by atoms with Crippen LogP contribution in [-0.2, 0) is 9.31 Å². The molecule has 3 heterocycles. The molecule has 2 N–H and O–H groups in total. The minimum absolute atomic E-state index is 0.368. The summed E-state index contributed by atoms with van der Waals surface area (Å²) in [6, 6.07) is 3.64. The third kappa shape index (κ3) is 2.40. The number of hydrogen-bond donors (Lipinski definition) is 1. The molecule has 0 aromatic carbocycles. The summed E-state index contributed by atoms with van der Waals surface area (Å²) >= 11 is 0. The standard InChI is InChI=1S/C15H21BN4O2/c1-10-12(16-21-14(2,3)15(4,5)22-16)9-20(19-10)11-6-7-18-13(17)8-11/h6-9H,1-5H3,(H2,17,18). The van der Waals surface area contributed by atoms with E-state index in [0.29, 0.717) is 5.82 Å². The topological polar surface area (TPSA) is 75.2 Å². The average Bonchev–Trinajstić information content (AvgIpc) is 2.88. The van der Waals surface area contributed by atoms with E-state index < -0.39 is 7.12 Å². The number of rotatable bonds is 2. The zero-order chi connectivity index (χ0) is 16.1. The molecule has 0 aliphatic carbocycles. The van der Waals surface area contributed by atoms with E-state index >= 15 is 0 Å². The summed E-state index contributed by atoms with van der Waals surface area (Å²) in [6.45, 7) is 10.1. The normalized spacial score (nSPS) is 19.6. The highest BCUT2D eigenvalue weighted by Gasteiger charge is 2.52. The van der Waals surface area contributed by atoms with Gasteiger partial charge in [-0.3, -0.25) is 0 Å². The Hall–Kier alpha value is -1.86. The first kappa shape index (κ1) is 15.1. The number of hydrogen-bond acceptors (Lipinski definition) is 5. The maximum absolute atomic E-state index is 6.09. The van der Waals surface area contributed by atoms with Crippen LogP contribution in [0.3, 0.4) is 0 Å². The Morgan fingerprint density at radius 1 is 1.18 bits per heavy atom. The molecule has 0 unspecified atom stereocenters. The van der Waals surface area contributed by atoms with Gasteiger partial charge in [0.15, 0.2) is 0 Å². The van der Waals surface area contributed by atoms with Crippen molar-refractivity contribution in [3.63, 3.8) is 0 Å². The molecule has 1 aliphatic heterocycles. The van der Waals surface area contributed by atoms with Crippen LogP contribution >= 0.6 is 0 Å². The van der Waals surface area contributed by atoms with Crippen molar-refractivity contribution < 1.29 is 9.31 Å². The molecule has 1 saturated heterocycles. The number of aryl methyl sites for hydroxylation is 1. The molecule has 0 radical (unpaired) electrons. The highest BCUT2D eigenvalue weighted by atomic mass is 16.7. The molecule has 116 valence electrons. The van der Waals surface area contributed by atoms with Crippen molar-refractivity contribution in [3.8, 4) is 5.69 Å². The number of nitrogens with zero attached hydrogens (tertiary/aromatic N) is 3. The lowest BCUT2D eigenvalue weighted by molar-refractivity contribution is 0.00578. The highest BCUT2D eigenvalue weighted by Crippen LogP contribution is 2.36. The Bertz CT molecular complexity index is 695. The molecule has 22 heavy (non-hydrogen) atoms. The average molecular weight is 300 g/mol. The van der Waals surface area contributed by atoms with Gasteiger partial charge in [-0.15, -0.1) is 0 Å². The zero-order valence-corrected chi connectivity index (χ0v) is 13.6.